The normalized spacial score (nSPS) is 12.1. The topological polar surface area (TPSA) is 49.3 Å². The molecule has 100 valence electrons. The number of carboxylic acids is 1. The van der Waals surface area contributed by atoms with Gasteiger partial charge in [-0.1, -0.05) is 42.5 Å². The maximum atomic E-state index is 10.8. The number of halogens is 1. The van der Waals surface area contributed by atoms with E-state index in [1.807, 2.05) is 25.1 Å². The number of para-hydroxylation sites is 1. The van der Waals surface area contributed by atoms with Gasteiger partial charge in [-0.3, -0.25) is 4.79 Å². The summed E-state index contributed by atoms with van der Waals surface area (Å²) in [6.07, 6.45) is 5.11. The highest BCUT2D eigenvalue weighted by atomic mass is 35.5. The molecule has 0 spiro atoms. The molecule has 1 aromatic rings. The Morgan fingerprint density at radius 1 is 1.47 bits per heavy atom. The van der Waals surface area contributed by atoms with Gasteiger partial charge in [0.2, 0.25) is 0 Å². The van der Waals surface area contributed by atoms with Gasteiger partial charge >= 0.3 is 5.97 Å². The number of hydrogen-bond donors (Lipinski definition) is 2. The first kappa shape index (κ1) is 15.1. The highest BCUT2D eigenvalue weighted by Gasteiger charge is 2.07. The maximum Gasteiger partial charge on any atom is 0.307 e. The highest BCUT2D eigenvalue weighted by Crippen LogP contribution is 2.21. The van der Waals surface area contributed by atoms with Crippen molar-refractivity contribution in [3.05, 3.63) is 65.4 Å². The Morgan fingerprint density at radius 3 is 2.74 bits per heavy atom. The van der Waals surface area contributed by atoms with Gasteiger partial charge in [0.25, 0.3) is 0 Å². The number of anilines is 1. The van der Waals surface area contributed by atoms with Crippen LogP contribution in [0.1, 0.15) is 12.5 Å². The van der Waals surface area contributed by atoms with Crippen LogP contribution in [0.3, 0.4) is 0 Å². The number of carboxylic acid groups (broad SMARTS) is 1. The fraction of sp³-hybridized carbons (Fsp3) is 0.133. The van der Waals surface area contributed by atoms with Gasteiger partial charge in [-0.05, 0) is 30.7 Å². The number of allylic oxidation sites excluding steroid dienone is 4. The Morgan fingerprint density at radius 2 is 2.16 bits per heavy atom. The third-order valence-electron chi connectivity index (χ3n) is 2.40. The second kappa shape index (κ2) is 7.44. The molecule has 3 nitrogen and oxygen atoms in total. The van der Waals surface area contributed by atoms with E-state index in [9.17, 15) is 4.79 Å². The molecule has 0 fully saturated rings. The van der Waals surface area contributed by atoms with Crippen LogP contribution in [-0.4, -0.2) is 11.1 Å². The highest BCUT2D eigenvalue weighted by molar-refractivity contribution is 6.31. The molecule has 0 heterocycles. The molecule has 0 radical (unpaired) electrons. The summed E-state index contributed by atoms with van der Waals surface area (Å²) >= 11 is 6.10. The Hall–Kier alpha value is -2.00. The summed E-state index contributed by atoms with van der Waals surface area (Å²) < 4.78 is 0. The van der Waals surface area contributed by atoms with Crippen molar-refractivity contribution in [1.29, 1.82) is 0 Å². The van der Waals surface area contributed by atoms with Gasteiger partial charge in [0.1, 0.15) is 0 Å². The molecule has 0 aliphatic heterocycles. The van der Waals surface area contributed by atoms with Crippen molar-refractivity contribution in [3.63, 3.8) is 0 Å². The SMILES string of the molecule is C=C/C(Nc1ccccc1CC(=O)O)=C(Cl)\C=C/C. The average Bonchev–Trinajstić information content (AvgIpc) is 2.37. The molecule has 0 bridgehead atoms. The van der Waals surface area contributed by atoms with E-state index in [4.69, 9.17) is 16.7 Å². The van der Waals surface area contributed by atoms with Crippen LogP contribution in [0.15, 0.2) is 59.8 Å². The van der Waals surface area contributed by atoms with Gasteiger partial charge in [-0.25, -0.2) is 0 Å². The van der Waals surface area contributed by atoms with Crippen molar-refractivity contribution in [3.8, 4) is 0 Å². The third kappa shape index (κ3) is 4.64. The molecule has 0 atom stereocenters. The number of rotatable bonds is 6. The average molecular weight is 278 g/mol. The second-order valence-electron chi connectivity index (χ2n) is 3.82. The van der Waals surface area contributed by atoms with Crippen molar-refractivity contribution in [2.45, 2.75) is 13.3 Å². The molecule has 0 aliphatic rings. The van der Waals surface area contributed by atoms with Crippen LogP contribution in [0.25, 0.3) is 0 Å². The quantitative estimate of drug-likeness (QED) is 0.775. The van der Waals surface area contributed by atoms with Crippen molar-refractivity contribution >= 4 is 23.3 Å². The van der Waals surface area contributed by atoms with E-state index in [1.54, 1.807) is 24.3 Å². The van der Waals surface area contributed by atoms with Crippen LogP contribution in [0.5, 0.6) is 0 Å². The first-order valence-corrected chi connectivity index (χ1v) is 6.18. The van der Waals surface area contributed by atoms with Crippen molar-refractivity contribution in [2.24, 2.45) is 0 Å². The van der Waals surface area contributed by atoms with E-state index < -0.39 is 5.97 Å². The lowest BCUT2D eigenvalue weighted by Crippen LogP contribution is -2.06. The van der Waals surface area contributed by atoms with E-state index in [1.165, 1.54) is 0 Å². The minimum absolute atomic E-state index is 0.0468. The molecule has 0 saturated carbocycles. The van der Waals surface area contributed by atoms with Gasteiger partial charge in [0.05, 0.1) is 17.2 Å². The molecule has 2 N–H and O–H groups in total. The second-order valence-corrected chi connectivity index (χ2v) is 4.23. The predicted octanol–water partition coefficient (Wildman–Crippen LogP) is 3.94. The third-order valence-corrected chi connectivity index (χ3v) is 2.73. The molecule has 1 aromatic carbocycles. The molecule has 0 aromatic heterocycles. The zero-order valence-corrected chi connectivity index (χ0v) is 11.4. The number of nitrogens with one attached hydrogen (secondary N) is 1. The Balaban J connectivity index is 3.07. The predicted molar refractivity (Wildman–Crippen MR) is 79.3 cm³/mol. The summed E-state index contributed by atoms with van der Waals surface area (Å²) in [6.45, 7) is 5.56. The first-order valence-electron chi connectivity index (χ1n) is 5.80. The number of benzene rings is 1. The summed E-state index contributed by atoms with van der Waals surface area (Å²) in [5.74, 6) is -0.877. The Labute approximate surface area is 117 Å². The largest absolute Gasteiger partial charge is 0.481 e. The van der Waals surface area contributed by atoms with Gasteiger partial charge in [-0.15, -0.1) is 0 Å². The van der Waals surface area contributed by atoms with Crippen LogP contribution < -0.4 is 5.32 Å². The molecule has 0 saturated heterocycles. The Bertz CT molecular complexity index is 533. The summed E-state index contributed by atoms with van der Waals surface area (Å²) in [5, 5.41) is 12.5. The lowest BCUT2D eigenvalue weighted by molar-refractivity contribution is -0.136. The molecule has 0 unspecified atom stereocenters. The number of hydrogen-bond acceptors (Lipinski definition) is 2. The van der Waals surface area contributed by atoms with Gasteiger partial charge in [0, 0.05) is 5.69 Å². The van der Waals surface area contributed by atoms with Crippen LogP contribution in [0.2, 0.25) is 0 Å². The minimum atomic E-state index is -0.877. The van der Waals surface area contributed by atoms with Gasteiger partial charge in [0.15, 0.2) is 0 Å². The number of carbonyl (C=O) groups is 1. The molecule has 0 amide bonds. The van der Waals surface area contributed by atoms with Crippen LogP contribution in [-0.2, 0) is 11.2 Å². The molecule has 19 heavy (non-hydrogen) atoms. The summed E-state index contributed by atoms with van der Waals surface area (Å²) in [4.78, 5) is 10.8. The van der Waals surface area contributed by atoms with E-state index in [0.717, 1.165) is 0 Å². The fourth-order valence-electron chi connectivity index (χ4n) is 1.55. The van der Waals surface area contributed by atoms with E-state index >= 15 is 0 Å². The zero-order valence-electron chi connectivity index (χ0n) is 10.7. The number of aliphatic carboxylic acids is 1. The first-order chi connectivity index (χ1) is 9.08. The van der Waals surface area contributed by atoms with Crippen LogP contribution >= 0.6 is 11.6 Å². The molecule has 4 heteroatoms. The van der Waals surface area contributed by atoms with Crippen LogP contribution in [0, 0.1) is 0 Å². The molecular formula is C15H16ClNO2. The van der Waals surface area contributed by atoms with Crippen molar-refractivity contribution in [2.75, 3.05) is 5.32 Å². The van der Waals surface area contributed by atoms with E-state index in [0.29, 0.717) is 22.0 Å². The summed E-state index contributed by atoms with van der Waals surface area (Å²) in [6, 6.07) is 7.20. The van der Waals surface area contributed by atoms with Crippen molar-refractivity contribution < 1.29 is 9.90 Å². The minimum Gasteiger partial charge on any atom is -0.481 e. The lowest BCUT2D eigenvalue weighted by Gasteiger charge is -2.12. The van der Waals surface area contributed by atoms with Crippen molar-refractivity contribution in [1.82, 2.24) is 0 Å². The summed E-state index contributed by atoms with van der Waals surface area (Å²) in [5.41, 5.74) is 2.04. The Kier molecular flexibility index (Phi) is 5.90. The molecular weight excluding hydrogens is 262 g/mol. The van der Waals surface area contributed by atoms with E-state index in [2.05, 4.69) is 11.9 Å². The smallest absolute Gasteiger partial charge is 0.307 e. The molecule has 0 aliphatic carbocycles. The van der Waals surface area contributed by atoms with E-state index in [-0.39, 0.29) is 6.42 Å². The maximum absolute atomic E-state index is 10.8. The fourth-order valence-corrected chi connectivity index (χ4v) is 1.80. The molecule has 1 rings (SSSR count). The van der Waals surface area contributed by atoms with Gasteiger partial charge < -0.3 is 10.4 Å². The monoisotopic (exact) mass is 277 g/mol. The van der Waals surface area contributed by atoms with Gasteiger partial charge in [-0.2, -0.15) is 0 Å². The van der Waals surface area contributed by atoms with Crippen LogP contribution in [0.4, 0.5) is 5.69 Å². The standard InChI is InChI=1S/C15H16ClNO2/c1-3-7-12(16)13(4-2)17-14-9-6-5-8-11(14)10-15(18)19/h3-9,17H,2,10H2,1H3,(H,18,19)/b7-3-,13-12-. The lowest BCUT2D eigenvalue weighted by atomic mass is 10.1. The zero-order chi connectivity index (χ0) is 14.3. The summed E-state index contributed by atoms with van der Waals surface area (Å²) in [7, 11) is 0.